The second-order valence-electron chi connectivity index (χ2n) is 5.47. The molecule has 0 saturated carbocycles. The molecule has 3 nitrogen and oxygen atoms in total. The Morgan fingerprint density at radius 1 is 1.05 bits per heavy atom. The van der Waals surface area contributed by atoms with Crippen LogP contribution in [0.25, 0.3) is 5.57 Å². The number of carbonyl (C=O) groups excluding carboxylic acids is 1. The highest BCUT2D eigenvalue weighted by Crippen LogP contribution is 2.32. The number of benzene rings is 2. The fourth-order valence-corrected chi connectivity index (χ4v) is 2.84. The van der Waals surface area contributed by atoms with Gasteiger partial charge < -0.3 is 5.11 Å². The summed E-state index contributed by atoms with van der Waals surface area (Å²) in [5, 5.41) is 9.20. The van der Waals surface area contributed by atoms with Crippen molar-refractivity contribution in [3.05, 3.63) is 76.4 Å². The van der Waals surface area contributed by atoms with E-state index >= 15 is 0 Å². The lowest BCUT2D eigenvalue weighted by Crippen LogP contribution is -2.05. The van der Waals surface area contributed by atoms with E-state index in [0.29, 0.717) is 5.56 Å². The topological polar surface area (TPSA) is 54.4 Å². The molecule has 2 aromatic rings. The Morgan fingerprint density at radius 2 is 1.86 bits per heavy atom. The maximum Gasteiger partial charge on any atom is 0.335 e. The number of hydrogen-bond acceptors (Lipinski definition) is 2. The third kappa shape index (κ3) is 2.58. The van der Waals surface area contributed by atoms with E-state index in [1.54, 1.807) is 25.1 Å². The van der Waals surface area contributed by atoms with Gasteiger partial charge in [-0.05, 0) is 60.2 Å². The number of Topliss-reactive ketones (excluding diaryl/α,β-unsaturated/α-hetero) is 1. The van der Waals surface area contributed by atoms with Crippen molar-refractivity contribution in [3.8, 4) is 0 Å². The van der Waals surface area contributed by atoms with Crippen molar-refractivity contribution < 1.29 is 14.7 Å². The fraction of sp³-hybridized carbons (Fsp3) is 0.158. The molecule has 0 aliphatic heterocycles. The highest BCUT2D eigenvalue weighted by molar-refractivity contribution is 5.96. The summed E-state index contributed by atoms with van der Waals surface area (Å²) in [7, 11) is 0. The highest BCUT2D eigenvalue weighted by atomic mass is 16.4. The number of allylic oxidation sites excluding steroid dienone is 1. The molecular weight excluding hydrogens is 276 g/mol. The predicted molar refractivity (Wildman–Crippen MR) is 85.2 cm³/mol. The first-order valence-electron chi connectivity index (χ1n) is 7.24. The summed E-state index contributed by atoms with van der Waals surface area (Å²) in [6, 6.07) is 12.8. The molecule has 22 heavy (non-hydrogen) atoms. The minimum absolute atomic E-state index is 0.0257. The van der Waals surface area contributed by atoms with Crippen LogP contribution in [0.1, 0.15) is 50.8 Å². The van der Waals surface area contributed by atoms with Crippen LogP contribution in [0.2, 0.25) is 0 Å². The summed E-state index contributed by atoms with van der Waals surface area (Å²) in [4.78, 5) is 22.8. The fourth-order valence-electron chi connectivity index (χ4n) is 2.84. The summed E-state index contributed by atoms with van der Waals surface area (Å²) in [6.45, 7) is 1.55. The second-order valence-corrected chi connectivity index (χ2v) is 5.47. The number of rotatable bonds is 3. The van der Waals surface area contributed by atoms with Gasteiger partial charge in [-0.15, -0.1) is 0 Å². The minimum atomic E-state index is -0.926. The largest absolute Gasteiger partial charge is 0.478 e. The van der Waals surface area contributed by atoms with E-state index in [2.05, 4.69) is 6.08 Å². The number of carbonyl (C=O) groups is 2. The van der Waals surface area contributed by atoms with Crippen molar-refractivity contribution in [1.82, 2.24) is 0 Å². The number of hydrogen-bond donors (Lipinski definition) is 1. The number of carboxylic acids is 1. The molecule has 0 radical (unpaired) electrons. The van der Waals surface area contributed by atoms with Crippen LogP contribution < -0.4 is 0 Å². The first kappa shape index (κ1) is 14.3. The number of carboxylic acid groups (broad SMARTS) is 1. The van der Waals surface area contributed by atoms with Gasteiger partial charge in [0, 0.05) is 5.56 Å². The Morgan fingerprint density at radius 3 is 2.59 bits per heavy atom. The van der Waals surface area contributed by atoms with Crippen LogP contribution in [-0.4, -0.2) is 16.9 Å². The molecule has 1 N–H and O–H groups in total. The highest BCUT2D eigenvalue weighted by Gasteiger charge is 2.17. The SMILES string of the molecule is CC(=O)c1cccc(C2=CCCc3ccc(C(=O)O)cc32)c1. The van der Waals surface area contributed by atoms with Crippen LogP contribution in [0.4, 0.5) is 0 Å². The normalized spacial score (nSPS) is 13.2. The van der Waals surface area contributed by atoms with Gasteiger partial charge in [-0.25, -0.2) is 4.79 Å². The Kier molecular flexibility index (Phi) is 3.63. The number of fused-ring (bicyclic) bond motifs is 1. The van der Waals surface area contributed by atoms with Gasteiger partial charge in [-0.1, -0.05) is 30.3 Å². The van der Waals surface area contributed by atoms with Crippen LogP contribution in [0.15, 0.2) is 48.5 Å². The third-order valence-corrected chi connectivity index (χ3v) is 3.99. The van der Waals surface area contributed by atoms with Crippen molar-refractivity contribution in [3.63, 3.8) is 0 Å². The minimum Gasteiger partial charge on any atom is -0.478 e. The Hall–Kier alpha value is -2.68. The lowest BCUT2D eigenvalue weighted by Gasteiger charge is -2.19. The Labute approximate surface area is 128 Å². The van der Waals surface area contributed by atoms with Crippen LogP contribution in [0.5, 0.6) is 0 Å². The van der Waals surface area contributed by atoms with E-state index in [1.165, 1.54) is 0 Å². The lowest BCUT2D eigenvalue weighted by atomic mass is 9.85. The van der Waals surface area contributed by atoms with Crippen LogP contribution in [-0.2, 0) is 6.42 Å². The second kappa shape index (κ2) is 5.60. The zero-order valence-electron chi connectivity index (χ0n) is 12.3. The predicted octanol–water partition coefficient (Wildman–Crippen LogP) is 3.97. The molecule has 0 unspecified atom stereocenters. The smallest absolute Gasteiger partial charge is 0.335 e. The molecule has 2 aromatic carbocycles. The molecule has 0 heterocycles. The molecule has 3 heteroatoms. The van der Waals surface area contributed by atoms with Crippen molar-refractivity contribution in [2.45, 2.75) is 19.8 Å². The average Bonchev–Trinajstić information content (AvgIpc) is 2.53. The molecule has 110 valence electrons. The van der Waals surface area contributed by atoms with Gasteiger partial charge in [-0.3, -0.25) is 4.79 Å². The summed E-state index contributed by atoms with van der Waals surface area (Å²) >= 11 is 0. The molecule has 0 bridgehead atoms. The van der Waals surface area contributed by atoms with Gasteiger partial charge in [0.2, 0.25) is 0 Å². The van der Waals surface area contributed by atoms with Crippen molar-refractivity contribution >= 4 is 17.3 Å². The van der Waals surface area contributed by atoms with E-state index in [1.807, 2.05) is 24.3 Å². The standard InChI is InChI=1S/C19H16O3/c1-12(20)14-5-2-6-15(10-14)17-7-3-4-13-8-9-16(19(21)22)11-18(13)17/h2,5-11H,3-4H2,1H3,(H,21,22). The van der Waals surface area contributed by atoms with Gasteiger partial charge in [0.15, 0.2) is 5.78 Å². The number of aryl methyl sites for hydroxylation is 1. The van der Waals surface area contributed by atoms with E-state index in [0.717, 1.165) is 35.1 Å². The molecule has 0 spiro atoms. The summed E-state index contributed by atoms with van der Waals surface area (Å²) in [5.41, 5.74) is 5.01. The van der Waals surface area contributed by atoms with Gasteiger partial charge in [-0.2, -0.15) is 0 Å². The zero-order chi connectivity index (χ0) is 15.7. The molecule has 3 rings (SSSR count). The molecule has 0 saturated heterocycles. The molecular formula is C19H16O3. The third-order valence-electron chi connectivity index (χ3n) is 3.99. The zero-order valence-corrected chi connectivity index (χ0v) is 12.3. The molecule has 0 fully saturated rings. The van der Waals surface area contributed by atoms with Crippen molar-refractivity contribution in [2.75, 3.05) is 0 Å². The van der Waals surface area contributed by atoms with Crippen LogP contribution in [0, 0.1) is 0 Å². The monoisotopic (exact) mass is 292 g/mol. The molecule has 0 aromatic heterocycles. The Bertz CT molecular complexity index is 800. The van der Waals surface area contributed by atoms with Crippen molar-refractivity contribution in [2.24, 2.45) is 0 Å². The van der Waals surface area contributed by atoms with Gasteiger partial charge in [0.1, 0.15) is 0 Å². The van der Waals surface area contributed by atoms with E-state index < -0.39 is 5.97 Å². The number of ketones is 1. The average molecular weight is 292 g/mol. The maximum absolute atomic E-state index is 11.6. The summed E-state index contributed by atoms with van der Waals surface area (Å²) in [5.74, 6) is -0.900. The van der Waals surface area contributed by atoms with Gasteiger partial charge in [0.05, 0.1) is 5.56 Å². The molecule has 0 amide bonds. The molecule has 0 atom stereocenters. The van der Waals surface area contributed by atoms with Gasteiger partial charge in [0.25, 0.3) is 0 Å². The first-order chi connectivity index (χ1) is 10.6. The number of aromatic carboxylic acids is 1. The first-order valence-corrected chi connectivity index (χ1v) is 7.24. The van der Waals surface area contributed by atoms with E-state index in [9.17, 15) is 14.7 Å². The maximum atomic E-state index is 11.6. The quantitative estimate of drug-likeness (QED) is 0.871. The molecule has 1 aliphatic carbocycles. The van der Waals surface area contributed by atoms with Crippen LogP contribution in [0.3, 0.4) is 0 Å². The lowest BCUT2D eigenvalue weighted by molar-refractivity contribution is 0.0696. The van der Waals surface area contributed by atoms with E-state index in [-0.39, 0.29) is 11.3 Å². The van der Waals surface area contributed by atoms with Gasteiger partial charge >= 0.3 is 5.97 Å². The van der Waals surface area contributed by atoms with Crippen molar-refractivity contribution in [1.29, 1.82) is 0 Å². The Balaban J connectivity index is 2.12. The summed E-state index contributed by atoms with van der Waals surface area (Å²) < 4.78 is 0. The van der Waals surface area contributed by atoms with E-state index in [4.69, 9.17) is 0 Å². The van der Waals surface area contributed by atoms with Crippen LogP contribution >= 0.6 is 0 Å². The summed E-state index contributed by atoms with van der Waals surface area (Å²) in [6.07, 6.45) is 3.94. The molecule has 1 aliphatic rings.